The number of aromatic nitrogens is 2. The number of amides is 1. The van der Waals surface area contributed by atoms with Gasteiger partial charge in [0.2, 0.25) is 5.91 Å². The maximum atomic E-state index is 10.5. The summed E-state index contributed by atoms with van der Waals surface area (Å²) < 4.78 is 5.04. The molecular weight excluding hydrogens is 232 g/mol. The first-order chi connectivity index (χ1) is 7.65. The van der Waals surface area contributed by atoms with Crippen LogP contribution in [-0.2, 0) is 4.79 Å². The van der Waals surface area contributed by atoms with Crippen molar-refractivity contribution in [3.8, 4) is 5.75 Å². The SMILES string of the molecule is COc1c(Cl)ncnc1NCCCC(N)=O. The summed E-state index contributed by atoms with van der Waals surface area (Å²) in [5, 5.41) is 3.24. The molecule has 16 heavy (non-hydrogen) atoms. The Kier molecular flexibility index (Phi) is 4.78. The van der Waals surface area contributed by atoms with E-state index in [9.17, 15) is 4.79 Å². The minimum Gasteiger partial charge on any atom is -0.490 e. The Hall–Kier alpha value is -1.56. The highest BCUT2D eigenvalue weighted by Gasteiger charge is 2.09. The van der Waals surface area contributed by atoms with E-state index in [1.54, 1.807) is 0 Å². The molecule has 3 N–H and O–H groups in total. The zero-order valence-corrected chi connectivity index (χ0v) is 9.62. The molecule has 88 valence electrons. The largest absolute Gasteiger partial charge is 0.490 e. The molecule has 0 spiro atoms. The van der Waals surface area contributed by atoms with E-state index in [4.69, 9.17) is 22.1 Å². The molecule has 1 rings (SSSR count). The van der Waals surface area contributed by atoms with Crippen molar-refractivity contribution >= 4 is 23.3 Å². The molecule has 0 bridgehead atoms. The summed E-state index contributed by atoms with van der Waals surface area (Å²) in [7, 11) is 1.49. The summed E-state index contributed by atoms with van der Waals surface area (Å²) in [4.78, 5) is 18.3. The van der Waals surface area contributed by atoms with E-state index in [-0.39, 0.29) is 11.1 Å². The fraction of sp³-hybridized carbons (Fsp3) is 0.444. The van der Waals surface area contributed by atoms with Crippen LogP contribution in [0, 0.1) is 0 Å². The number of hydrogen-bond acceptors (Lipinski definition) is 5. The second kappa shape index (κ2) is 6.12. The van der Waals surface area contributed by atoms with E-state index < -0.39 is 0 Å². The Labute approximate surface area is 98.2 Å². The van der Waals surface area contributed by atoms with Crippen LogP contribution >= 0.6 is 11.6 Å². The summed E-state index contributed by atoms with van der Waals surface area (Å²) in [6.07, 6.45) is 2.29. The van der Waals surface area contributed by atoms with Crippen molar-refractivity contribution in [2.24, 2.45) is 5.73 Å². The lowest BCUT2D eigenvalue weighted by Crippen LogP contribution is -2.13. The fourth-order valence-corrected chi connectivity index (χ4v) is 1.34. The number of rotatable bonds is 6. The first-order valence-electron chi connectivity index (χ1n) is 4.71. The molecular formula is C9H13ClN4O2. The molecule has 0 aliphatic rings. The Morgan fingerprint density at radius 3 is 3.00 bits per heavy atom. The standard InChI is InChI=1S/C9H13ClN4O2/c1-16-7-8(10)13-5-14-9(7)12-4-2-3-6(11)15/h5H,2-4H2,1H3,(H2,11,15)(H,12,13,14). The first kappa shape index (κ1) is 12.5. The number of ether oxygens (including phenoxy) is 1. The van der Waals surface area contributed by atoms with Crippen molar-refractivity contribution in [2.45, 2.75) is 12.8 Å². The number of nitrogens with one attached hydrogen (secondary N) is 1. The Morgan fingerprint density at radius 2 is 2.38 bits per heavy atom. The van der Waals surface area contributed by atoms with E-state index in [2.05, 4.69) is 15.3 Å². The van der Waals surface area contributed by atoms with Gasteiger partial charge in [0, 0.05) is 13.0 Å². The molecule has 7 heteroatoms. The van der Waals surface area contributed by atoms with Crippen molar-refractivity contribution in [2.75, 3.05) is 19.0 Å². The minimum absolute atomic E-state index is 0.245. The average molecular weight is 245 g/mol. The van der Waals surface area contributed by atoms with E-state index in [0.29, 0.717) is 31.0 Å². The molecule has 6 nitrogen and oxygen atoms in total. The van der Waals surface area contributed by atoms with Gasteiger partial charge in [-0.15, -0.1) is 0 Å². The van der Waals surface area contributed by atoms with Gasteiger partial charge >= 0.3 is 0 Å². The van der Waals surface area contributed by atoms with E-state index in [0.717, 1.165) is 0 Å². The Balaban J connectivity index is 2.53. The van der Waals surface area contributed by atoms with Gasteiger partial charge in [0.05, 0.1) is 7.11 Å². The van der Waals surface area contributed by atoms with Crippen LogP contribution in [0.4, 0.5) is 5.82 Å². The maximum absolute atomic E-state index is 10.5. The highest BCUT2D eigenvalue weighted by Crippen LogP contribution is 2.28. The number of halogens is 1. The van der Waals surface area contributed by atoms with Crippen LogP contribution in [0.2, 0.25) is 5.15 Å². The van der Waals surface area contributed by atoms with Gasteiger partial charge in [-0.2, -0.15) is 0 Å². The number of carbonyl (C=O) groups is 1. The van der Waals surface area contributed by atoms with Crippen molar-refractivity contribution in [3.05, 3.63) is 11.5 Å². The fourth-order valence-electron chi connectivity index (χ4n) is 1.13. The molecule has 0 saturated heterocycles. The number of methoxy groups -OCH3 is 1. The van der Waals surface area contributed by atoms with Crippen molar-refractivity contribution < 1.29 is 9.53 Å². The van der Waals surface area contributed by atoms with Crippen LogP contribution in [0.5, 0.6) is 5.75 Å². The summed E-state index contributed by atoms with van der Waals surface area (Å²) in [6.45, 7) is 0.562. The maximum Gasteiger partial charge on any atom is 0.217 e. The summed E-state index contributed by atoms with van der Waals surface area (Å²) in [5.74, 6) is 0.574. The van der Waals surface area contributed by atoms with Crippen LogP contribution < -0.4 is 15.8 Å². The highest BCUT2D eigenvalue weighted by molar-refractivity contribution is 6.31. The zero-order valence-electron chi connectivity index (χ0n) is 8.86. The van der Waals surface area contributed by atoms with Crippen LogP contribution in [0.1, 0.15) is 12.8 Å². The summed E-state index contributed by atoms with van der Waals surface area (Å²) in [6, 6.07) is 0. The molecule has 0 radical (unpaired) electrons. The lowest BCUT2D eigenvalue weighted by Gasteiger charge is -2.09. The van der Waals surface area contributed by atoms with Crippen LogP contribution in [0.25, 0.3) is 0 Å². The van der Waals surface area contributed by atoms with E-state index >= 15 is 0 Å². The van der Waals surface area contributed by atoms with Gasteiger partial charge in [-0.05, 0) is 6.42 Å². The van der Waals surface area contributed by atoms with E-state index in [1.807, 2.05) is 0 Å². The number of carbonyl (C=O) groups excluding carboxylic acids is 1. The summed E-state index contributed by atoms with van der Waals surface area (Å²) in [5.41, 5.74) is 5.01. The molecule has 0 aromatic carbocycles. The predicted octanol–water partition coefficient (Wildman–Crippen LogP) is 0.816. The average Bonchev–Trinajstić information content (AvgIpc) is 2.24. The Bertz CT molecular complexity index is 373. The predicted molar refractivity (Wildman–Crippen MR) is 60.5 cm³/mol. The molecule has 0 aliphatic heterocycles. The third-order valence-electron chi connectivity index (χ3n) is 1.86. The van der Waals surface area contributed by atoms with Gasteiger partial charge in [0.1, 0.15) is 6.33 Å². The molecule has 0 saturated carbocycles. The van der Waals surface area contributed by atoms with Crippen LogP contribution in [0.15, 0.2) is 6.33 Å². The monoisotopic (exact) mass is 244 g/mol. The molecule has 1 amide bonds. The van der Waals surface area contributed by atoms with Crippen molar-refractivity contribution in [3.63, 3.8) is 0 Å². The number of anilines is 1. The lowest BCUT2D eigenvalue weighted by molar-refractivity contribution is -0.118. The number of primary amides is 1. The van der Waals surface area contributed by atoms with Crippen molar-refractivity contribution in [1.82, 2.24) is 9.97 Å². The highest BCUT2D eigenvalue weighted by atomic mass is 35.5. The minimum atomic E-state index is -0.325. The van der Waals surface area contributed by atoms with Crippen molar-refractivity contribution in [1.29, 1.82) is 0 Å². The van der Waals surface area contributed by atoms with Gasteiger partial charge in [-0.3, -0.25) is 4.79 Å². The normalized spacial score (nSPS) is 9.88. The molecule has 1 aromatic heterocycles. The Morgan fingerprint density at radius 1 is 1.62 bits per heavy atom. The molecule has 1 heterocycles. The van der Waals surface area contributed by atoms with Gasteiger partial charge in [-0.25, -0.2) is 9.97 Å². The molecule has 0 atom stereocenters. The van der Waals surface area contributed by atoms with Gasteiger partial charge in [0.25, 0.3) is 0 Å². The van der Waals surface area contributed by atoms with Crippen LogP contribution in [0.3, 0.4) is 0 Å². The molecule has 1 aromatic rings. The third-order valence-corrected chi connectivity index (χ3v) is 2.13. The zero-order chi connectivity index (χ0) is 12.0. The van der Waals surface area contributed by atoms with Gasteiger partial charge < -0.3 is 15.8 Å². The van der Waals surface area contributed by atoms with Crippen LogP contribution in [-0.4, -0.2) is 29.5 Å². The topological polar surface area (TPSA) is 90.1 Å². The molecule has 0 fully saturated rings. The first-order valence-corrected chi connectivity index (χ1v) is 5.09. The number of nitrogens with two attached hydrogens (primary N) is 1. The second-order valence-electron chi connectivity index (χ2n) is 3.04. The number of nitrogens with zero attached hydrogens (tertiary/aromatic N) is 2. The number of hydrogen-bond donors (Lipinski definition) is 2. The lowest BCUT2D eigenvalue weighted by atomic mass is 10.3. The second-order valence-corrected chi connectivity index (χ2v) is 3.40. The quantitative estimate of drug-likeness (QED) is 0.571. The third kappa shape index (κ3) is 3.54. The van der Waals surface area contributed by atoms with E-state index in [1.165, 1.54) is 13.4 Å². The smallest absolute Gasteiger partial charge is 0.217 e. The van der Waals surface area contributed by atoms with Gasteiger partial charge in [-0.1, -0.05) is 11.6 Å². The summed E-state index contributed by atoms with van der Waals surface area (Å²) >= 11 is 5.80. The molecule has 0 unspecified atom stereocenters. The van der Waals surface area contributed by atoms with Gasteiger partial charge in [0.15, 0.2) is 16.7 Å². The molecule has 0 aliphatic carbocycles.